The molecular weight excluding hydrogens is 300 g/mol. The highest BCUT2D eigenvalue weighted by atomic mass is 79.9. The Balaban J connectivity index is 2.42. The van der Waals surface area contributed by atoms with Gasteiger partial charge < -0.3 is 4.42 Å². The van der Waals surface area contributed by atoms with Gasteiger partial charge in [-0.15, -0.1) is 0 Å². The summed E-state index contributed by atoms with van der Waals surface area (Å²) >= 11 is 9.58. The van der Waals surface area contributed by atoms with E-state index in [0.29, 0.717) is 4.83 Å². The molecule has 0 spiro atoms. The second-order valence-electron chi connectivity index (χ2n) is 5.16. The van der Waals surface area contributed by atoms with Crippen molar-refractivity contribution in [3.63, 3.8) is 0 Å². The normalized spacial score (nSPS) is 14.2. The fraction of sp³-hybridized carbons (Fsp3) is 0.429. The molecule has 2 aromatic rings. The van der Waals surface area contributed by atoms with E-state index in [1.54, 1.807) is 0 Å². The van der Waals surface area contributed by atoms with E-state index >= 15 is 0 Å². The van der Waals surface area contributed by atoms with Gasteiger partial charge in [-0.2, -0.15) is 0 Å². The molecule has 92 valence electrons. The van der Waals surface area contributed by atoms with E-state index in [9.17, 15) is 0 Å². The Labute approximate surface area is 115 Å². The predicted octanol–water partition coefficient (Wildman–Crippen LogP) is 5.54. The highest BCUT2D eigenvalue weighted by Gasteiger charge is 2.26. The quantitative estimate of drug-likeness (QED) is 0.678. The molecule has 17 heavy (non-hydrogen) atoms. The Morgan fingerprint density at radius 3 is 2.71 bits per heavy atom. The zero-order valence-electron chi connectivity index (χ0n) is 10.3. The van der Waals surface area contributed by atoms with Crippen molar-refractivity contribution in [3.05, 3.63) is 35.0 Å². The largest absolute Gasteiger partial charge is 0.461 e. The van der Waals surface area contributed by atoms with Crippen molar-refractivity contribution >= 4 is 38.5 Å². The molecule has 0 aliphatic rings. The average Bonchev–Trinajstić information content (AvgIpc) is 2.58. The van der Waals surface area contributed by atoms with Crippen molar-refractivity contribution in [1.82, 2.24) is 0 Å². The van der Waals surface area contributed by atoms with Crippen LogP contribution >= 0.6 is 27.5 Å². The number of benzene rings is 1. The third-order valence-corrected chi connectivity index (χ3v) is 3.50. The molecule has 1 atom stereocenters. The molecule has 0 aliphatic carbocycles. The van der Waals surface area contributed by atoms with Gasteiger partial charge in [-0.25, -0.2) is 0 Å². The van der Waals surface area contributed by atoms with Crippen LogP contribution in [-0.4, -0.2) is 4.83 Å². The molecule has 1 unspecified atom stereocenters. The predicted molar refractivity (Wildman–Crippen MR) is 77.3 cm³/mol. The number of rotatable bonds is 3. The minimum atomic E-state index is 0.0222. The average molecular weight is 316 g/mol. The third kappa shape index (κ3) is 2.86. The van der Waals surface area contributed by atoms with Crippen molar-refractivity contribution in [1.29, 1.82) is 0 Å². The topological polar surface area (TPSA) is 13.1 Å². The fourth-order valence-corrected chi connectivity index (χ4v) is 3.14. The molecule has 0 radical (unpaired) electrons. The van der Waals surface area contributed by atoms with Gasteiger partial charge in [0.25, 0.3) is 0 Å². The van der Waals surface area contributed by atoms with E-state index in [1.807, 2.05) is 18.2 Å². The van der Waals surface area contributed by atoms with Gasteiger partial charge in [0.2, 0.25) is 0 Å². The first-order valence-corrected chi connectivity index (χ1v) is 7.01. The van der Waals surface area contributed by atoms with Gasteiger partial charge in [-0.1, -0.05) is 48.3 Å². The van der Waals surface area contributed by atoms with Gasteiger partial charge in [-0.05, 0) is 30.7 Å². The van der Waals surface area contributed by atoms with Crippen LogP contribution in [0.2, 0.25) is 5.02 Å². The maximum Gasteiger partial charge on any atom is 0.134 e. The standard InChI is InChI=1S/C14H16BrClO/c1-9(15)8-14(2,3)13-7-10-6-11(16)4-5-12(10)17-13/h4-7,9H,8H2,1-3H3. The van der Waals surface area contributed by atoms with Gasteiger partial charge in [0.1, 0.15) is 11.3 Å². The number of fused-ring (bicyclic) bond motifs is 1. The first-order chi connectivity index (χ1) is 7.88. The minimum Gasteiger partial charge on any atom is -0.461 e. The van der Waals surface area contributed by atoms with Crippen LogP contribution in [0.15, 0.2) is 28.7 Å². The van der Waals surface area contributed by atoms with Gasteiger partial charge in [0, 0.05) is 20.7 Å². The van der Waals surface area contributed by atoms with E-state index in [-0.39, 0.29) is 5.41 Å². The molecule has 1 aromatic carbocycles. The van der Waals surface area contributed by atoms with Gasteiger partial charge in [0.15, 0.2) is 0 Å². The van der Waals surface area contributed by atoms with Crippen LogP contribution in [0.3, 0.4) is 0 Å². The van der Waals surface area contributed by atoms with Crippen molar-refractivity contribution in [2.24, 2.45) is 0 Å². The fourth-order valence-electron chi connectivity index (χ4n) is 2.15. The van der Waals surface area contributed by atoms with Crippen LogP contribution in [0.25, 0.3) is 11.0 Å². The SMILES string of the molecule is CC(Br)CC(C)(C)c1cc2cc(Cl)ccc2o1. The van der Waals surface area contributed by atoms with Crippen molar-refractivity contribution < 1.29 is 4.42 Å². The number of hydrogen-bond donors (Lipinski definition) is 0. The molecule has 0 aliphatic heterocycles. The van der Waals surface area contributed by atoms with Crippen molar-refractivity contribution in [3.8, 4) is 0 Å². The number of furan rings is 1. The molecule has 1 aromatic heterocycles. The summed E-state index contributed by atoms with van der Waals surface area (Å²) in [4.78, 5) is 0.467. The van der Waals surface area contributed by atoms with Crippen LogP contribution in [-0.2, 0) is 5.41 Å². The molecule has 0 saturated carbocycles. The van der Waals surface area contributed by atoms with E-state index in [2.05, 4.69) is 42.8 Å². The molecule has 0 amide bonds. The second-order valence-corrected chi connectivity index (χ2v) is 7.16. The highest BCUT2D eigenvalue weighted by Crippen LogP contribution is 2.35. The first kappa shape index (κ1) is 13.0. The lowest BCUT2D eigenvalue weighted by atomic mass is 9.85. The Hall–Kier alpha value is -0.470. The molecule has 3 heteroatoms. The summed E-state index contributed by atoms with van der Waals surface area (Å²) in [5, 5.41) is 1.82. The van der Waals surface area contributed by atoms with Crippen LogP contribution in [0.5, 0.6) is 0 Å². The second kappa shape index (κ2) is 4.66. The summed E-state index contributed by atoms with van der Waals surface area (Å²) in [6.45, 7) is 6.55. The molecule has 0 fully saturated rings. The van der Waals surface area contributed by atoms with Gasteiger partial charge in [0.05, 0.1) is 0 Å². The Morgan fingerprint density at radius 1 is 1.35 bits per heavy atom. The monoisotopic (exact) mass is 314 g/mol. The first-order valence-electron chi connectivity index (χ1n) is 5.72. The summed E-state index contributed by atoms with van der Waals surface area (Å²) in [6.07, 6.45) is 1.03. The third-order valence-electron chi connectivity index (χ3n) is 2.94. The van der Waals surface area contributed by atoms with E-state index in [1.165, 1.54) is 0 Å². The summed E-state index contributed by atoms with van der Waals surface area (Å²) < 4.78 is 5.91. The lowest BCUT2D eigenvalue weighted by Gasteiger charge is -2.23. The highest BCUT2D eigenvalue weighted by molar-refractivity contribution is 9.09. The summed E-state index contributed by atoms with van der Waals surface area (Å²) in [5.74, 6) is 1.01. The van der Waals surface area contributed by atoms with Crippen LogP contribution in [0.4, 0.5) is 0 Å². The van der Waals surface area contributed by atoms with E-state index in [0.717, 1.165) is 28.2 Å². The summed E-state index contributed by atoms with van der Waals surface area (Å²) in [7, 11) is 0. The zero-order chi connectivity index (χ0) is 12.6. The number of alkyl halides is 1. The molecule has 0 bridgehead atoms. The Kier molecular flexibility index (Phi) is 3.55. The molecule has 1 nitrogen and oxygen atoms in total. The van der Waals surface area contributed by atoms with Crippen molar-refractivity contribution in [2.45, 2.75) is 37.4 Å². The van der Waals surface area contributed by atoms with Crippen LogP contribution < -0.4 is 0 Å². The van der Waals surface area contributed by atoms with Gasteiger partial charge in [-0.3, -0.25) is 0 Å². The van der Waals surface area contributed by atoms with E-state index < -0.39 is 0 Å². The summed E-state index contributed by atoms with van der Waals surface area (Å²) in [5.41, 5.74) is 0.925. The zero-order valence-corrected chi connectivity index (χ0v) is 12.6. The lowest BCUT2D eigenvalue weighted by molar-refractivity contribution is 0.380. The summed E-state index contributed by atoms with van der Waals surface area (Å²) in [6, 6.07) is 7.82. The molecule has 0 saturated heterocycles. The smallest absolute Gasteiger partial charge is 0.134 e. The van der Waals surface area contributed by atoms with Crippen molar-refractivity contribution in [2.75, 3.05) is 0 Å². The molecule has 2 rings (SSSR count). The maximum absolute atomic E-state index is 5.98. The van der Waals surface area contributed by atoms with Crippen LogP contribution in [0, 0.1) is 0 Å². The number of halogens is 2. The van der Waals surface area contributed by atoms with Crippen LogP contribution in [0.1, 0.15) is 33.0 Å². The lowest BCUT2D eigenvalue weighted by Crippen LogP contribution is -2.19. The molecular formula is C14H16BrClO. The maximum atomic E-state index is 5.98. The van der Waals surface area contributed by atoms with E-state index in [4.69, 9.17) is 16.0 Å². The Morgan fingerprint density at radius 2 is 2.06 bits per heavy atom. The molecule has 1 heterocycles. The molecule has 0 N–H and O–H groups in total. The Bertz CT molecular complexity index is 528. The van der Waals surface area contributed by atoms with Gasteiger partial charge >= 0.3 is 0 Å². The minimum absolute atomic E-state index is 0.0222. The number of hydrogen-bond acceptors (Lipinski definition) is 1.